The summed E-state index contributed by atoms with van der Waals surface area (Å²) in [6.45, 7) is 0. The highest BCUT2D eigenvalue weighted by molar-refractivity contribution is 14.1. The molecule has 0 N–H and O–H groups in total. The zero-order chi connectivity index (χ0) is 18.5. The van der Waals surface area contributed by atoms with Crippen molar-refractivity contribution in [2.45, 2.75) is 0 Å². The highest BCUT2D eigenvalue weighted by atomic mass is 127. The van der Waals surface area contributed by atoms with Gasteiger partial charge in [0.1, 0.15) is 20.6 Å². The Hall–Kier alpha value is -1.59. The van der Waals surface area contributed by atoms with E-state index in [0.717, 1.165) is 12.1 Å². The van der Waals surface area contributed by atoms with Gasteiger partial charge in [-0.2, -0.15) is 5.10 Å². The largest absolute Gasteiger partial charge is 0.288 e. The molecule has 3 aromatic rings. The Balaban J connectivity index is 2.36. The second kappa shape index (κ2) is 6.61. The summed E-state index contributed by atoms with van der Waals surface area (Å²) in [6, 6.07) is 4.57. The number of fused-ring (bicyclic) bond motifs is 1. The number of aryl methyl sites for hydroxylation is 1. The van der Waals surface area contributed by atoms with Crippen molar-refractivity contribution in [1.29, 1.82) is 0 Å². The van der Waals surface area contributed by atoms with Gasteiger partial charge >= 0.3 is 0 Å². The number of hydrogen-bond acceptors (Lipinski definition) is 4. The number of ketones is 1. The molecule has 0 aliphatic heterocycles. The number of nitro benzene ring substituents is 1. The van der Waals surface area contributed by atoms with Crippen molar-refractivity contribution in [3.8, 4) is 0 Å². The molecule has 0 aliphatic carbocycles. The molecule has 25 heavy (non-hydrogen) atoms. The number of nitrogens with zero attached hydrogens (tertiary/aromatic N) is 3. The van der Waals surface area contributed by atoms with Gasteiger partial charge in [-0.15, -0.1) is 0 Å². The highest BCUT2D eigenvalue weighted by Gasteiger charge is 2.30. The van der Waals surface area contributed by atoms with Gasteiger partial charge in [0, 0.05) is 24.1 Å². The molecule has 0 saturated heterocycles. The van der Waals surface area contributed by atoms with E-state index in [1.54, 1.807) is 11.7 Å². The van der Waals surface area contributed by atoms with E-state index in [-0.39, 0.29) is 20.6 Å². The smallest absolute Gasteiger partial charge is 0.282 e. The van der Waals surface area contributed by atoms with Crippen LogP contribution >= 0.6 is 50.1 Å². The third kappa shape index (κ3) is 3.04. The Kier molecular flexibility index (Phi) is 4.82. The first-order valence-electron chi connectivity index (χ1n) is 6.71. The fraction of sp³-hybridized carbons (Fsp3) is 0.0667. The maximum absolute atomic E-state index is 13.5. The van der Waals surface area contributed by atoms with E-state index in [1.165, 1.54) is 12.1 Å². The van der Waals surface area contributed by atoms with Crippen molar-refractivity contribution in [2.24, 2.45) is 7.05 Å². The lowest BCUT2D eigenvalue weighted by atomic mass is 10.00. The maximum Gasteiger partial charge on any atom is 0.282 e. The summed E-state index contributed by atoms with van der Waals surface area (Å²) in [5, 5.41) is 16.3. The Bertz CT molecular complexity index is 1070. The summed E-state index contributed by atoms with van der Waals surface area (Å²) >= 11 is 11.2. The molecule has 0 amide bonds. The minimum Gasteiger partial charge on any atom is -0.288 e. The number of carbonyl (C=O) groups excluding carboxylic acids is 1. The topological polar surface area (TPSA) is 78.0 Å². The molecule has 0 fully saturated rings. The van der Waals surface area contributed by atoms with E-state index in [1.807, 2.05) is 22.6 Å². The number of halogens is 4. The van der Waals surface area contributed by atoms with E-state index in [9.17, 15) is 19.3 Å². The van der Waals surface area contributed by atoms with Crippen LogP contribution in [0.1, 0.15) is 15.9 Å². The Morgan fingerprint density at radius 1 is 1.44 bits per heavy atom. The third-order valence-electron chi connectivity index (χ3n) is 3.57. The average molecular weight is 538 g/mol. The molecular weight excluding hydrogens is 531 g/mol. The van der Waals surface area contributed by atoms with Crippen molar-refractivity contribution in [3.63, 3.8) is 0 Å². The molecule has 0 unspecified atom stereocenters. The molecule has 3 rings (SSSR count). The summed E-state index contributed by atoms with van der Waals surface area (Å²) in [4.78, 5) is 23.7. The van der Waals surface area contributed by atoms with Gasteiger partial charge in [0.15, 0.2) is 0 Å². The van der Waals surface area contributed by atoms with Crippen LogP contribution in [0.15, 0.2) is 28.7 Å². The predicted molar refractivity (Wildman–Crippen MR) is 103 cm³/mol. The fourth-order valence-corrected chi connectivity index (χ4v) is 3.81. The van der Waals surface area contributed by atoms with Gasteiger partial charge in [-0.05, 0) is 56.7 Å². The van der Waals surface area contributed by atoms with Crippen molar-refractivity contribution in [3.05, 3.63) is 64.5 Å². The molecular formula is C15H7BrClFIN3O3. The predicted octanol–water partition coefficient (Wildman–Crippen LogP) is 4.87. The summed E-state index contributed by atoms with van der Waals surface area (Å²) < 4.78 is 15.9. The Labute approximate surface area is 167 Å². The van der Waals surface area contributed by atoms with E-state index in [0.29, 0.717) is 14.6 Å². The number of carbonyl (C=O) groups is 1. The number of benzene rings is 2. The van der Waals surface area contributed by atoms with Gasteiger partial charge in [0.2, 0.25) is 5.78 Å². The fourth-order valence-electron chi connectivity index (χ4n) is 2.42. The number of aromatic nitrogens is 2. The second-order valence-corrected chi connectivity index (χ2v) is 7.33. The minimum absolute atomic E-state index is 0.00305. The summed E-state index contributed by atoms with van der Waals surface area (Å²) in [7, 11) is 1.69. The lowest BCUT2D eigenvalue weighted by Crippen LogP contribution is -2.08. The average Bonchev–Trinajstić information content (AvgIpc) is 2.84. The zero-order valence-corrected chi connectivity index (χ0v) is 16.9. The van der Waals surface area contributed by atoms with E-state index < -0.39 is 22.2 Å². The van der Waals surface area contributed by atoms with Gasteiger partial charge in [0.25, 0.3) is 5.69 Å². The van der Waals surface area contributed by atoms with Gasteiger partial charge in [-0.25, -0.2) is 4.39 Å². The van der Waals surface area contributed by atoms with Crippen LogP contribution in [0, 0.1) is 19.6 Å². The highest BCUT2D eigenvalue weighted by Crippen LogP contribution is 2.38. The molecule has 1 aromatic heterocycles. The third-order valence-corrected chi connectivity index (χ3v) is 5.95. The SMILES string of the molecule is Cn1nc2c(Br)c(C(=O)c3cc(F)ccc3Cl)c([N+](=O)[O-])cc2c1I. The molecule has 2 aromatic carbocycles. The van der Waals surface area contributed by atoms with Crippen molar-refractivity contribution in [1.82, 2.24) is 9.78 Å². The van der Waals surface area contributed by atoms with E-state index >= 15 is 0 Å². The normalized spacial score (nSPS) is 11.1. The zero-order valence-electron chi connectivity index (χ0n) is 12.4. The number of nitro groups is 1. The maximum atomic E-state index is 13.5. The lowest BCUT2D eigenvalue weighted by Gasteiger charge is -2.08. The monoisotopic (exact) mass is 537 g/mol. The van der Waals surface area contributed by atoms with Crippen LogP contribution in [-0.2, 0) is 7.05 Å². The molecule has 6 nitrogen and oxygen atoms in total. The van der Waals surface area contributed by atoms with Gasteiger partial charge in [-0.1, -0.05) is 11.6 Å². The number of rotatable bonds is 3. The van der Waals surface area contributed by atoms with Crippen LogP contribution in [0.25, 0.3) is 10.9 Å². The van der Waals surface area contributed by atoms with Crippen LogP contribution < -0.4 is 0 Å². The molecule has 10 heteroatoms. The number of hydrogen-bond donors (Lipinski definition) is 0. The molecule has 0 spiro atoms. The van der Waals surface area contributed by atoms with Crippen molar-refractivity contribution < 1.29 is 14.1 Å². The van der Waals surface area contributed by atoms with Crippen LogP contribution in [0.3, 0.4) is 0 Å². The van der Waals surface area contributed by atoms with Crippen LogP contribution in [0.5, 0.6) is 0 Å². The van der Waals surface area contributed by atoms with Crippen LogP contribution in [0.4, 0.5) is 10.1 Å². The first-order chi connectivity index (χ1) is 11.7. The second-order valence-electron chi connectivity index (χ2n) is 5.11. The summed E-state index contributed by atoms with van der Waals surface area (Å²) in [6.07, 6.45) is 0. The van der Waals surface area contributed by atoms with Crippen molar-refractivity contribution >= 4 is 72.5 Å². The molecule has 0 aliphatic rings. The summed E-state index contributed by atoms with van der Waals surface area (Å²) in [5.41, 5.74) is -0.390. The van der Waals surface area contributed by atoms with E-state index in [4.69, 9.17) is 11.6 Å². The van der Waals surface area contributed by atoms with Gasteiger partial charge < -0.3 is 0 Å². The molecule has 0 saturated carbocycles. The Morgan fingerprint density at radius 2 is 2.12 bits per heavy atom. The van der Waals surface area contributed by atoms with E-state index in [2.05, 4.69) is 21.0 Å². The van der Waals surface area contributed by atoms with Gasteiger partial charge in [0.05, 0.1) is 14.4 Å². The van der Waals surface area contributed by atoms with Crippen LogP contribution in [-0.4, -0.2) is 20.5 Å². The molecule has 0 radical (unpaired) electrons. The lowest BCUT2D eigenvalue weighted by molar-refractivity contribution is -0.385. The Morgan fingerprint density at radius 3 is 2.76 bits per heavy atom. The molecule has 1 heterocycles. The molecule has 128 valence electrons. The van der Waals surface area contributed by atoms with Crippen LogP contribution in [0.2, 0.25) is 5.02 Å². The first-order valence-corrected chi connectivity index (χ1v) is 8.96. The molecule has 0 bridgehead atoms. The minimum atomic E-state index is -0.759. The molecule has 0 atom stereocenters. The van der Waals surface area contributed by atoms with Crippen molar-refractivity contribution in [2.75, 3.05) is 0 Å². The summed E-state index contributed by atoms with van der Waals surface area (Å²) in [5.74, 6) is -1.43. The van der Waals surface area contributed by atoms with Gasteiger partial charge in [-0.3, -0.25) is 19.6 Å². The first kappa shape index (κ1) is 18.2. The standard InChI is InChI=1S/C15H7BrClFIN3O3/c1-21-15(19)8-5-10(22(24)25)11(12(16)13(8)20-21)14(23)7-4-6(18)2-3-9(7)17/h2-5H,1H3. The quantitative estimate of drug-likeness (QED) is 0.206.